The van der Waals surface area contributed by atoms with Gasteiger partial charge in [0, 0.05) is 44.3 Å². The van der Waals surface area contributed by atoms with Crippen molar-refractivity contribution < 1.29 is 9.53 Å². The fraction of sp³-hybridized carbons (Fsp3) is 0.0833. The molecule has 0 fully saturated rings. The third-order valence-corrected chi connectivity index (χ3v) is 5.94. The number of benzene rings is 3. The normalized spacial score (nSPS) is 11.3. The third kappa shape index (κ3) is 5.81. The lowest BCUT2D eigenvalue weighted by molar-refractivity contribution is -0.123. The fourth-order valence-corrected chi connectivity index (χ4v) is 4.22. The zero-order chi connectivity index (χ0) is 23.4. The first-order valence-corrected chi connectivity index (χ1v) is 11.3. The molecule has 4 rings (SSSR count). The molecule has 0 bridgehead atoms. The van der Waals surface area contributed by atoms with E-state index in [2.05, 4.69) is 15.1 Å². The SMILES string of the molecule is O=C(COc1ccc(Cl)cc1Cl)N/N=C\c1cn(Cc2ccc(Cl)cc2Cl)c2ccccc12. The Bertz CT molecular complexity index is 1350. The topological polar surface area (TPSA) is 55.6 Å². The monoisotopic (exact) mass is 519 g/mol. The molecule has 0 atom stereocenters. The number of rotatable bonds is 7. The van der Waals surface area contributed by atoms with Gasteiger partial charge in [0.05, 0.1) is 11.2 Å². The Balaban J connectivity index is 1.45. The van der Waals surface area contributed by atoms with E-state index < -0.39 is 5.91 Å². The predicted octanol–water partition coefficient (Wildman–Crippen LogP) is 6.83. The number of fused-ring (bicyclic) bond motifs is 1. The molecule has 0 aliphatic heterocycles. The van der Waals surface area contributed by atoms with Gasteiger partial charge in [0.1, 0.15) is 5.75 Å². The quantitative estimate of drug-likeness (QED) is 0.214. The van der Waals surface area contributed by atoms with E-state index in [-0.39, 0.29) is 6.61 Å². The molecule has 5 nitrogen and oxygen atoms in total. The van der Waals surface area contributed by atoms with Crippen LogP contribution in [0, 0.1) is 0 Å². The van der Waals surface area contributed by atoms with Gasteiger partial charge in [0.25, 0.3) is 5.91 Å². The minimum absolute atomic E-state index is 0.241. The van der Waals surface area contributed by atoms with E-state index in [9.17, 15) is 4.79 Å². The smallest absolute Gasteiger partial charge is 0.277 e. The molecule has 0 radical (unpaired) electrons. The van der Waals surface area contributed by atoms with Crippen molar-refractivity contribution in [3.05, 3.63) is 98.1 Å². The van der Waals surface area contributed by atoms with Crippen LogP contribution >= 0.6 is 46.4 Å². The number of nitrogens with zero attached hydrogens (tertiary/aromatic N) is 2. The molecule has 1 aromatic heterocycles. The van der Waals surface area contributed by atoms with Gasteiger partial charge in [-0.25, -0.2) is 5.43 Å². The molecule has 4 aromatic rings. The van der Waals surface area contributed by atoms with Crippen molar-refractivity contribution in [2.24, 2.45) is 5.10 Å². The fourth-order valence-electron chi connectivity index (χ4n) is 3.28. The van der Waals surface area contributed by atoms with E-state index in [1.54, 1.807) is 30.5 Å². The number of hydrogen-bond acceptors (Lipinski definition) is 3. The van der Waals surface area contributed by atoms with Gasteiger partial charge in [0.2, 0.25) is 0 Å². The second-order valence-corrected chi connectivity index (χ2v) is 8.81. The molecule has 0 saturated carbocycles. The highest BCUT2D eigenvalue weighted by molar-refractivity contribution is 6.35. The van der Waals surface area contributed by atoms with Gasteiger partial charge in [-0.05, 0) is 42.0 Å². The highest BCUT2D eigenvalue weighted by Crippen LogP contribution is 2.28. The van der Waals surface area contributed by atoms with E-state index in [1.807, 2.05) is 42.6 Å². The molecule has 0 aliphatic carbocycles. The minimum Gasteiger partial charge on any atom is -0.482 e. The first-order valence-electron chi connectivity index (χ1n) is 9.82. The lowest BCUT2D eigenvalue weighted by atomic mass is 10.2. The number of amides is 1. The molecular weight excluding hydrogens is 504 g/mol. The lowest BCUT2D eigenvalue weighted by Crippen LogP contribution is -2.24. The largest absolute Gasteiger partial charge is 0.482 e. The zero-order valence-electron chi connectivity index (χ0n) is 17.1. The number of carbonyl (C=O) groups is 1. The van der Waals surface area contributed by atoms with Crippen LogP contribution in [0.5, 0.6) is 5.75 Å². The Labute approximate surface area is 210 Å². The zero-order valence-corrected chi connectivity index (χ0v) is 20.1. The first-order chi connectivity index (χ1) is 15.9. The van der Waals surface area contributed by atoms with Gasteiger partial charge in [-0.15, -0.1) is 0 Å². The molecule has 0 saturated heterocycles. The van der Waals surface area contributed by atoms with Crippen LogP contribution in [0.25, 0.3) is 10.9 Å². The van der Waals surface area contributed by atoms with Crippen LogP contribution in [0.1, 0.15) is 11.1 Å². The van der Waals surface area contributed by atoms with Gasteiger partial charge in [-0.1, -0.05) is 70.7 Å². The maximum absolute atomic E-state index is 12.1. The number of para-hydroxylation sites is 1. The summed E-state index contributed by atoms with van der Waals surface area (Å²) in [5.41, 5.74) is 5.26. The Morgan fingerprint density at radius 1 is 0.970 bits per heavy atom. The van der Waals surface area contributed by atoms with Gasteiger partial charge in [0.15, 0.2) is 6.61 Å². The molecule has 1 heterocycles. The number of hydrogen-bond donors (Lipinski definition) is 1. The second-order valence-electron chi connectivity index (χ2n) is 7.12. The Morgan fingerprint density at radius 2 is 1.70 bits per heavy atom. The molecule has 0 aliphatic rings. The summed E-state index contributed by atoms with van der Waals surface area (Å²) < 4.78 is 7.48. The summed E-state index contributed by atoms with van der Waals surface area (Å²) >= 11 is 24.3. The van der Waals surface area contributed by atoms with Gasteiger partial charge in [-0.2, -0.15) is 5.10 Å². The van der Waals surface area contributed by atoms with Crippen molar-refractivity contribution in [3.8, 4) is 5.75 Å². The van der Waals surface area contributed by atoms with Crippen LogP contribution in [0.4, 0.5) is 0 Å². The van der Waals surface area contributed by atoms with E-state index >= 15 is 0 Å². The number of hydrazone groups is 1. The molecule has 0 unspecified atom stereocenters. The molecule has 0 spiro atoms. The summed E-state index contributed by atoms with van der Waals surface area (Å²) in [5.74, 6) is -0.0573. The molecular formula is C24H17Cl4N3O2. The van der Waals surface area contributed by atoms with Crippen molar-refractivity contribution in [3.63, 3.8) is 0 Å². The Hall–Kier alpha value is -2.70. The Kier molecular flexibility index (Phi) is 7.46. The summed E-state index contributed by atoms with van der Waals surface area (Å²) in [5, 5.41) is 7.07. The second kappa shape index (κ2) is 10.5. The van der Waals surface area contributed by atoms with E-state index in [1.165, 1.54) is 0 Å². The third-order valence-electron chi connectivity index (χ3n) is 4.82. The molecule has 1 N–H and O–H groups in total. The number of ether oxygens (including phenoxy) is 1. The van der Waals surface area contributed by atoms with E-state index in [4.69, 9.17) is 51.1 Å². The Morgan fingerprint density at radius 3 is 2.45 bits per heavy atom. The summed E-state index contributed by atoms with van der Waals surface area (Å²) in [7, 11) is 0. The van der Waals surface area contributed by atoms with Gasteiger partial charge in [-0.3, -0.25) is 4.79 Å². The highest BCUT2D eigenvalue weighted by atomic mass is 35.5. The summed E-state index contributed by atoms with van der Waals surface area (Å²) in [4.78, 5) is 12.1. The molecule has 168 valence electrons. The number of nitrogens with one attached hydrogen (secondary N) is 1. The van der Waals surface area contributed by atoms with Crippen molar-refractivity contribution >= 4 is 69.4 Å². The van der Waals surface area contributed by atoms with Gasteiger partial charge < -0.3 is 9.30 Å². The summed E-state index contributed by atoms with van der Waals surface area (Å²) in [6, 6.07) is 18.1. The van der Waals surface area contributed by atoms with Crippen LogP contribution in [0.3, 0.4) is 0 Å². The standard InChI is InChI=1S/C24H17Cl4N3O2/c25-17-6-5-15(20(27)9-17)12-31-13-16(19-3-1-2-4-22(19)31)11-29-30-24(32)14-33-23-8-7-18(26)10-21(23)28/h1-11,13H,12,14H2,(H,30,32)/b29-11-. The highest BCUT2D eigenvalue weighted by Gasteiger charge is 2.10. The van der Waals surface area contributed by atoms with Crippen molar-refractivity contribution in [2.75, 3.05) is 6.61 Å². The average Bonchev–Trinajstić information content (AvgIpc) is 3.13. The maximum atomic E-state index is 12.1. The van der Waals surface area contributed by atoms with Crippen LogP contribution in [-0.4, -0.2) is 23.3 Å². The summed E-state index contributed by atoms with van der Waals surface area (Å²) in [6.07, 6.45) is 3.55. The number of aromatic nitrogens is 1. The van der Waals surface area contributed by atoms with Crippen LogP contribution in [0.2, 0.25) is 20.1 Å². The number of halogens is 4. The molecule has 1 amide bonds. The van der Waals surface area contributed by atoms with Crippen LogP contribution in [-0.2, 0) is 11.3 Å². The summed E-state index contributed by atoms with van der Waals surface area (Å²) in [6.45, 7) is 0.321. The van der Waals surface area contributed by atoms with Crippen LogP contribution < -0.4 is 10.2 Å². The van der Waals surface area contributed by atoms with Crippen molar-refractivity contribution in [2.45, 2.75) is 6.54 Å². The molecule has 3 aromatic carbocycles. The van der Waals surface area contributed by atoms with E-state index in [0.29, 0.717) is 32.4 Å². The number of carbonyl (C=O) groups excluding carboxylic acids is 1. The predicted molar refractivity (Wildman–Crippen MR) is 135 cm³/mol. The van der Waals surface area contributed by atoms with Crippen molar-refractivity contribution in [1.82, 2.24) is 9.99 Å². The average molecular weight is 521 g/mol. The first kappa shape index (κ1) is 23.5. The van der Waals surface area contributed by atoms with Crippen molar-refractivity contribution in [1.29, 1.82) is 0 Å². The minimum atomic E-state index is -0.422. The lowest BCUT2D eigenvalue weighted by Gasteiger charge is -2.08. The molecule has 33 heavy (non-hydrogen) atoms. The van der Waals surface area contributed by atoms with Crippen LogP contribution in [0.15, 0.2) is 72.0 Å². The molecule has 9 heteroatoms. The maximum Gasteiger partial charge on any atom is 0.277 e. The van der Waals surface area contributed by atoms with E-state index in [0.717, 1.165) is 22.0 Å². The van der Waals surface area contributed by atoms with Gasteiger partial charge >= 0.3 is 0 Å².